The lowest BCUT2D eigenvalue weighted by Crippen LogP contribution is -2.63. The minimum Gasteiger partial charge on any atom is -0.480 e. The molecule has 1 fully saturated rings. The second-order valence-corrected chi connectivity index (χ2v) is 19.9. The molecule has 0 aliphatic carbocycles. The summed E-state index contributed by atoms with van der Waals surface area (Å²) in [6, 6.07) is -16.1. The molecule has 19 N–H and O–H groups in total. The Balaban J connectivity index is 3.89. The summed E-state index contributed by atoms with van der Waals surface area (Å²) in [7, 11) is 1.65. The summed E-state index contributed by atoms with van der Waals surface area (Å²) in [5.41, 5.74) is 16.9. The summed E-state index contributed by atoms with van der Waals surface area (Å²) in [6.07, 6.45) is -5.44. The number of thiol groups is 1. The quantitative estimate of drug-likeness (QED) is 0.0412. The number of nitrogens with two attached hydrogens (primary N) is 3. The number of carboxylic acids is 1. The summed E-state index contributed by atoms with van der Waals surface area (Å²) >= 11 is 4.01. The molecule has 0 saturated carbocycles. The number of aliphatic hydroxyl groups excluding tert-OH is 3. The smallest absolute Gasteiger partial charge is 0.327 e. The van der Waals surface area contributed by atoms with Crippen LogP contribution in [0.2, 0.25) is 0 Å². The Hall–Kier alpha value is -4.98. The maximum Gasteiger partial charge on any atom is 0.327 e. The van der Waals surface area contributed by atoms with Crippen LogP contribution in [0.5, 0.6) is 0 Å². The Bertz CT molecular complexity index is 1850. The third kappa shape index (κ3) is 22.0. The molecular weight excluding hydrogens is 985 g/mol. The van der Waals surface area contributed by atoms with Crippen LogP contribution in [-0.2, 0) is 52.7 Å². The molecule has 13 atom stereocenters. The predicted octanol–water partition coefficient (Wildman–Crippen LogP) is -6.70. The van der Waals surface area contributed by atoms with Crippen molar-refractivity contribution >= 4 is 99.3 Å². The highest BCUT2D eigenvalue weighted by atomic mass is 33.1. The van der Waals surface area contributed by atoms with Gasteiger partial charge in [0.1, 0.15) is 54.4 Å². The van der Waals surface area contributed by atoms with Crippen LogP contribution >= 0.6 is 34.2 Å². The summed E-state index contributed by atoms with van der Waals surface area (Å²) in [6.45, 7) is 8.08. The van der Waals surface area contributed by atoms with E-state index in [1.165, 1.54) is 6.92 Å². The van der Waals surface area contributed by atoms with Crippen LogP contribution in [0.4, 0.5) is 0 Å². The minimum atomic E-state index is -1.85. The number of nitrogens with one attached hydrogen (secondary N) is 9. The van der Waals surface area contributed by atoms with Crippen molar-refractivity contribution in [2.24, 2.45) is 23.1 Å². The van der Waals surface area contributed by atoms with Crippen LogP contribution in [0.1, 0.15) is 73.6 Å². The Morgan fingerprint density at radius 3 is 1.60 bits per heavy atom. The fourth-order valence-corrected chi connectivity index (χ4v) is 8.75. The third-order valence-corrected chi connectivity index (χ3v) is 13.0. The molecule has 0 spiro atoms. The molecule has 0 bridgehead atoms. The van der Waals surface area contributed by atoms with E-state index in [0.29, 0.717) is 6.42 Å². The minimum absolute atomic E-state index is 0.0611. The average Bonchev–Trinajstić information content (AvgIpc) is 3.26. The van der Waals surface area contributed by atoms with Gasteiger partial charge in [0.2, 0.25) is 59.1 Å². The number of unbranched alkanes of at least 4 members (excludes halogenated alkanes) is 1. The maximum absolute atomic E-state index is 13.9. The third-order valence-electron chi connectivity index (χ3n) is 10.2. The molecule has 0 unspecified atom stereocenters. The van der Waals surface area contributed by atoms with Crippen molar-refractivity contribution in [1.29, 1.82) is 0 Å². The van der Waals surface area contributed by atoms with Gasteiger partial charge in [-0.2, -0.15) is 12.6 Å². The molecule has 0 aromatic rings. The van der Waals surface area contributed by atoms with Crippen LogP contribution in [-0.4, -0.2) is 188 Å². The number of carboxylic acid groups (broad SMARTS) is 1. The van der Waals surface area contributed by atoms with Crippen LogP contribution in [0.3, 0.4) is 0 Å². The number of amides is 10. The zero-order valence-electron chi connectivity index (χ0n) is 39.7. The van der Waals surface area contributed by atoms with Crippen LogP contribution in [0, 0.1) is 5.92 Å². The molecule has 1 heterocycles. The van der Waals surface area contributed by atoms with Crippen molar-refractivity contribution < 1.29 is 73.2 Å². The maximum atomic E-state index is 13.9. The van der Waals surface area contributed by atoms with Gasteiger partial charge in [0, 0.05) is 17.3 Å². The van der Waals surface area contributed by atoms with E-state index in [1.54, 1.807) is 13.8 Å². The van der Waals surface area contributed by atoms with E-state index >= 15 is 0 Å². The molecule has 27 nitrogen and oxygen atoms in total. The summed E-state index contributed by atoms with van der Waals surface area (Å²) in [5.74, 6) is -13.4. The highest BCUT2D eigenvalue weighted by Crippen LogP contribution is 2.24. The fraction of sp³-hybridized carbons (Fsp3) is 0.725. The van der Waals surface area contributed by atoms with Gasteiger partial charge in [-0.3, -0.25) is 47.9 Å². The van der Waals surface area contributed by atoms with Crippen molar-refractivity contribution in [3.8, 4) is 0 Å². The molecule has 70 heavy (non-hydrogen) atoms. The number of aliphatic hydroxyl groups is 3. The fourth-order valence-electron chi connectivity index (χ4n) is 6.26. The molecule has 10 amide bonds. The van der Waals surface area contributed by atoms with Gasteiger partial charge in [-0.1, -0.05) is 35.4 Å². The molecule has 1 saturated heterocycles. The molecular formula is C40H70N12O15S3. The molecule has 1 aliphatic rings. The summed E-state index contributed by atoms with van der Waals surface area (Å²) in [5, 5.41) is 62.6. The highest BCUT2D eigenvalue weighted by Gasteiger charge is 2.38. The van der Waals surface area contributed by atoms with Gasteiger partial charge in [0.05, 0.1) is 30.8 Å². The van der Waals surface area contributed by atoms with Gasteiger partial charge in [-0.25, -0.2) is 4.79 Å². The van der Waals surface area contributed by atoms with E-state index in [1.807, 2.05) is 0 Å². The van der Waals surface area contributed by atoms with Gasteiger partial charge in [-0.05, 0) is 65.8 Å². The predicted molar refractivity (Wildman–Crippen MR) is 259 cm³/mol. The zero-order chi connectivity index (χ0) is 53.6. The molecule has 30 heteroatoms. The Labute approximate surface area is 418 Å². The number of hydrogen-bond acceptors (Lipinski definition) is 19. The van der Waals surface area contributed by atoms with Gasteiger partial charge >= 0.3 is 5.97 Å². The second kappa shape index (κ2) is 31.4. The molecule has 0 radical (unpaired) electrons. The molecule has 1 aliphatic heterocycles. The lowest BCUT2D eigenvalue weighted by atomic mass is 10.0. The topological polar surface area (TPSA) is 455 Å². The van der Waals surface area contributed by atoms with Gasteiger partial charge in [0.15, 0.2) is 0 Å². The molecule has 398 valence electrons. The zero-order valence-corrected chi connectivity index (χ0v) is 42.2. The largest absolute Gasteiger partial charge is 0.480 e. The van der Waals surface area contributed by atoms with Crippen LogP contribution < -0.4 is 65.1 Å². The van der Waals surface area contributed by atoms with Gasteiger partial charge in [0.25, 0.3) is 0 Å². The molecule has 1 rings (SSSR count). The van der Waals surface area contributed by atoms with E-state index in [0.717, 1.165) is 42.4 Å². The lowest BCUT2D eigenvalue weighted by Gasteiger charge is -2.29. The molecule has 0 aromatic heterocycles. The van der Waals surface area contributed by atoms with Gasteiger partial charge in [-0.15, -0.1) is 0 Å². The lowest BCUT2D eigenvalue weighted by molar-refractivity contribution is -0.142. The van der Waals surface area contributed by atoms with Crippen molar-refractivity contribution in [2.75, 3.05) is 23.8 Å². The highest BCUT2D eigenvalue weighted by molar-refractivity contribution is 8.76. The first kappa shape index (κ1) is 63.0. The number of hydrogen-bond donors (Lipinski definition) is 17. The summed E-state index contributed by atoms with van der Waals surface area (Å²) < 4.78 is 0. The van der Waals surface area contributed by atoms with Crippen LogP contribution in [0.25, 0.3) is 0 Å². The second-order valence-electron chi connectivity index (χ2n) is 17.0. The van der Waals surface area contributed by atoms with E-state index in [-0.39, 0.29) is 43.2 Å². The van der Waals surface area contributed by atoms with Crippen molar-refractivity contribution in [3.05, 3.63) is 0 Å². The monoisotopic (exact) mass is 1050 g/mol. The molecule has 0 aromatic carbocycles. The summed E-state index contributed by atoms with van der Waals surface area (Å²) in [4.78, 5) is 147. The Morgan fingerprint density at radius 1 is 0.657 bits per heavy atom. The number of rotatable bonds is 15. The first-order valence-electron chi connectivity index (χ1n) is 22.2. The van der Waals surface area contributed by atoms with E-state index in [9.17, 15) is 73.2 Å². The Morgan fingerprint density at radius 2 is 1.11 bits per heavy atom. The number of primary amides is 1. The number of carbonyl (C=O) groups excluding carboxylic acids is 10. The average molecular weight is 1060 g/mol. The van der Waals surface area contributed by atoms with Crippen molar-refractivity contribution in [2.45, 2.75) is 152 Å². The van der Waals surface area contributed by atoms with E-state index in [2.05, 4.69) is 60.5 Å². The van der Waals surface area contributed by atoms with Crippen LogP contribution in [0.15, 0.2) is 0 Å². The van der Waals surface area contributed by atoms with Crippen molar-refractivity contribution in [3.63, 3.8) is 0 Å². The normalized spacial score (nSPS) is 27.6. The first-order chi connectivity index (χ1) is 32.6. The van der Waals surface area contributed by atoms with Crippen molar-refractivity contribution in [1.82, 2.24) is 47.9 Å². The standard InChI is InChI=1S/C40H70N12O15S3/c1-16(2)11-23-34(60)51-30(20(6)55)39(65)52-29(19(5)54)38(64)49-26(40(66)67)15-70-69-14-25(48-32(58)21(42)13-68)36(62)45-22(9-7-8-10-41)33(59)47-24(12-27(43)56)35(61)50-28(18(4)53)37(63)44-17(3)31(57)46-23/h16-26,28-30,53-55,68H,7-15,41-42H2,1-6H3,(H2,43,56)(H,44,63)(H,45,62)(H,46,57)(H,47,59)(H,48,58)(H,49,64)(H,50,61)(H,51,60)(H,52,65)(H,66,67)/t17-,18+,19+,20+,21-,22-,23-,24-,25-,26-,28-,29-,30-/m0/s1. The van der Waals surface area contributed by atoms with E-state index < -0.39 is 156 Å². The SMILES string of the molecule is CC(C)C[C@@H]1NC(=O)[C@H](C)NC(=O)[C@H]([C@@H](C)O)NC(=O)[C@H](CC(N)=O)NC(=O)[C@H](CCCCN)NC(=O)[C@@H](NC(=O)[C@@H](N)CS)CSSC[C@@H](C(=O)O)NC(=O)[C@H]([C@@H](C)O)NC(=O)[C@H]([C@@H](C)O)NC1=O. The number of aliphatic carboxylic acids is 1. The van der Waals surface area contributed by atoms with E-state index in [4.69, 9.17) is 17.2 Å². The number of carbonyl (C=O) groups is 11. The first-order valence-corrected chi connectivity index (χ1v) is 25.4. The van der Waals surface area contributed by atoms with Gasteiger partial charge < -0.3 is 85.5 Å². The Kier molecular flexibility index (Phi) is 28.3.